The first-order chi connectivity index (χ1) is 10.1. The number of hydrogen-bond acceptors (Lipinski definition) is 2. The quantitative estimate of drug-likeness (QED) is 0.764. The number of amides is 1. The molecule has 3 aromatic rings. The lowest BCUT2D eigenvalue weighted by Gasteiger charge is -2.06. The Morgan fingerprint density at radius 2 is 1.71 bits per heavy atom. The van der Waals surface area contributed by atoms with Gasteiger partial charge in [-0.1, -0.05) is 24.3 Å². The molecule has 0 unspecified atom stereocenters. The maximum atomic E-state index is 13.5. The van der Waals surface area contributed by atoms with Crippen LogP contribution in [0.3, 0.4) is 0 Å². The fraction of sp³-hybridized carbons (Fsp3) is 0.0625. The van der Waals surface area contributed by atoms with Gasteiger partial charge in [0.25, 0.3) is 5.91 Å². The Hall–Kier alpha value is -2.69. The average molecular weight is 287 g/mol. The van der Waals surface area contributed by atoms with Gasteiger partial charge >= 0.3 is 0 Å². The van der Waals surface area contributed by atoms with E-state index in [2.05, 4.69) is 5.32 Å². The van der Waals surface area contributed by atoms with Gasteiger partial charge in [0.1, 0.15) is 22.9 Å². The molecule has 3 rings (SSSR count). The van der Waals surface area contributed by atoms with E-state index in [4.69, 9.17) is 4.42 Å². The average Bonchev–Trinajstić information content (AvgIpc) is 2.81. The monoisotopic (exact) mass is 287 g/mol. The van der Waals surface area contributed by atoms with Crippen molar-refractivity contribution in [1.29, 1.82) is 0 Å². The molecule has 0 aliphatic carbocycles. The van der Waals surface area contributed by atoms with Gasteiger partial charge in [-0.25, -0.2) is 8.78 Å². The van der Waals surface area contributed by atoms with E-state index in [0.29, 0.717) is 11.1 Å². The van der Waals surface area contributed by atoms with Crippen LogP contribution in [0.1, 0.15) is 16.1 Å². The molecular formula is C16H11F2NO2. The molecule has 0 atom stereocenters. The number of rotatable bonds is 2. The highest BCUT2D eigenvalue weighted by Crippen LogP contribution is 2.26. The number of carbonyl (C=O) groups is 1. The Morgan fingerprint density at radius 3 is 2.38 bits per heavy atom. The lowest BCUT2D eigenvalue weighted by atomic mass is 10.1. The highest BCUT2D eigenvalue weighted by Gasteiger charge is 2.20. The zero-order chi connectivity index (χ0) is 15.0. The number of para-hydroxylation sites is 2. The van der Waals surface area contributed by atoms with Gasteiger partial charge in [0.2, 0.25) is 0 Å². The van der Waals surface area contributed by atoms with Crippen LogP contribution >= 0.6 is 0 Å². The van der Waals surface area contributed by atoms with E-state index < -0.39 is 23.2 Å². The van der Waals surface area contributed by atoms with E-state index in [1.165, 1.54) is 6.07 Å². The number of aryl methyl sites for hydroxylation is 1. The summed E-state index contributed by atoms with van der Waals surface area (Å²) in [5.41, 5.74) is 0.691. The molecule has 0 saturated heterocycles. The largest absolute Gasteiger partial charge is 0.451 e. The third-order valence-electron chi connectivity index (χ3n) is 3.25. The summed E-state index contributed by atoms with van der Waals surface area (Å²) in [7, 11) is 0. The van der Waals surface area contributed by atoms with Crippen LogP contribution in [-0.4, -0.2) is 5.91 Å². The lowest BCUT2D eigenvalue weighted by Crippen LogP contribution is -2.14. The predicted molar refractivity (Wildman–Crippen MR) is 75.3 cm³/mol. The number of benzene rings is 2. The summed E-state index contributed by atoms with van der Waals surface area (Å²) in [6.45, 7) is 1.72. The van der Waals surface area contributed by atoms with Gasteiger partial charge in [-0.15, -0.1) is 0 Å². The number of anilines is 1. The molecule has 0 radical (unpaired) electrons. The summed E-state index contributed by atoms with van der Waals surface area (Å²) in [6.07, 6.45) is 0. The van der Waals surface area contributed by atoms with Crippen LogP contribution in [0.2, 0.25) is 0 Å². The zero-order valence-corrected chi connectivity index (χ0v) is 11.1. The van der Waals surface area contributed by atoms with Crippen LogP contribution in [0.5, 0.6) is 0 Å². The van der Waals surface area contributed by atoms with Crippen molar-refractivity contribution in [3.05, 3.63) is 65.4 Å². The van der Waals surface area contributed by atoms with Crippen LogP contribution in [0.4, 0.5) is 14.5 Å². The van der Waals surface area contributed by atoms with Gasteiger partial charge < -0.3 is 9.73 Å². The molecule has 5 heteroatoms. The first kappa shape index (κ1) is 13.3. The summed E-state index contributed by atoms with van der Waals surface area (Å²) in [4.78, 5) is 12.2. The van der Waals surface area contributed by atoms with Crippen molar-refractivity contribution in [2.24, 2.45) is 0 Å². The molecule has 1 amide bonds. The van der Waals surface area contributed by atoms with Gasteiger partial charge in [-0.05, 0) is 25.1 Å². The van der Waals surface area contributed by atoms with Crippen LogP contribution in [0, 0.1) is 18.6 Å². The third kappa shape index (κ3) is 2.27. The molecule has 0 aliphatic rings. The molecule has 2 aromatic carbocycles. The summed E-state index contributed by atoms with van der Waals surface area (Å²) < 4.78 is 32.5. The maximum Gasteiger partial charge on any atom is 0.291 e. The second-order valence-corrected chi connectivity index (χ2v) is 4.60. The summed E-state index contributed by atoms with van der Waals surface area (Å²) in [6, 6.07) is 10.5. The highest BCUT2D eigenvalue weighted by atomic mass is 19.1. The molecule has 0 saturated carbocycles. The lowest BCUT2D eigenvalue weighted by molar-refractivity contribution is 0.0997. The van der Waals surface area contributed by atoms with Crippen LogP contribution < -0.4 is 5.32 Å². The van der Waals surface area contributed by atoms with Crippen molar-refractivity contribution in [2.75, 3.05) is 5.32 Å². The number of nitrogens with one attached hydrogen (secondary N) is 1. The van der Waals surface area contributed by atoms with Crippen molar-refractivity contribution in [1.82, 2.24) is 0 Å². The Labute approximate surface area is 119 Å². The number of halogens is 2. The summed E-state index contributed by atoms with van der Waals surface area (Å²) >= 11 is 0. The SMILES string of the molecule is Cc1c(C(=O)Nc2c(F)cccc2F)oc2ccccc12. The maximum absolute atomic E-state index is 13.5. The minimum Gasteiger partial charge on any atom is -0.451 e. The molecule has 0 fully saturated rings. The number of fused-ring (bicyclic) bond motifs is 1. The van der Waals surface area contributed by atoms with Crippen molar-refractivity contribution in [3.63, 3.8) is 0 Å². The van der Waals surface area contributed by atoms with Gasteiger partial charge in [-0.2, -0.15) is 0 Å². The van der Waals surface area contributed by atoms with Crippen LogP contribution in [0.25, 0.3) is 11.0 Å². The molecule has 106 valence electrons. The van der Waals surface area contributed by atoms with Crippen LogP contribution in [-0.2, 0) is 0 Å². The standard InChI is InChI=1S/C16H11F2NO2/c1-9-10-5-2-3-8-13(10)21-15(9)16(20)19-14-11(17)6-4-7-12(14)18/h2-8H,1H3,(H,19,20). The van der Waals surface area contributed by atoms with E-state index in [9.17, 15) is 13.6 Å². The van der Waals surface area contributed by atoms with E-state index >= 15 is 0 Å². The van der Waals surface area contributed by atoms with Gasteiger partial charge in [0.15, 0.2) is 5.76 Å². The Morgan fingerprint density at radius 1 is 1.05 bits per heavy atom. The van der Waals surface area contributed by atoms with Gasteiger partial charge in [0.05, 0.1) is 0 Å². The summed E-state index contributed by atoms with van der Waals surface area (Å²) in [5, 5.41) is 3.00. The number of carbonyl (C=O) groups excluding carboxylic acids is 1. The molecular weight excluding hydrogens is 276 g/mol. The minimum atomic E-state index is -0.836. The molecule has 1 aromatic heterocycles. The van der Waals surface area contributed by atoms with Crippen molar-refractivity contribution < 1.29 is 18.0 Å². The van der Waals surface area contributed by atoms with Crippen LogP contribution in [0.15, 0.2) is 46.9 Å². The minimum absolute atomic E-state index is 0.0406. The number of furan rings is 1. The van der Waals surface area contributed by atoms with E-state index in [0.717, 1.165) is 17.5 Å². The smallest absolute Gasteiger partial charge is 0.291 e. The molecule has 0 spiro atoms. The fourth-order valence-corrected chi connectivity index (χ4v) is 2.18. The second kappa shape index (κ2) is 5.01. The molecule has 0 aliphatic heterocycles. The van der Waals surface area contributed by atoms with Crippen molar-refractivity contribution in [2.45, 2.75) is 6.92 Å². The predicted octanol–water partition coefficient (Wildman–Crippen LogP) is 4.27. The van der Waals surface area contributed by atoms with Gasteiger partial charge in [-0.3, -0.25) is 4.79 Å². The molecule has 0 bridgehead atoms. The third-order valence-corrected chi connectivity index (χ3v) is 3.25. The summed E-state index contributed by atoms with van der Waals surface area (Å²) in [5.74, 6) is -2.32. The zero-order valence-electron chi connectivity index (χ0n) is 11.1. The van der Waals surface area contributed by atoms with Gasteiger partial charge in [0, 0.05) is 10.9 Å². The second-order valence-electron chi connectivity index (χ2n) is 4.60. The Kier molecular flexibility index (Phi) is 3.17. The van der Waals surface area contributed by atoms with E-state index in [1.807, 2.05) is 12.1 Å². The van der Waals surface area contributed by atoms with E-state index in [1.54, 1.807) is 19.1 Å². The molecule has 1 heterocycles. The van der Waals surface area contributed by atoms with E-state index in [-0.39, 0.29) is 5.76 Å². The fourth-order valence-electron chi connectivity index (χ4n) is 2.18. The highest BCUT2D eigenvalue weighted by molar-refractivity contribution is 6.06. The molecule has 21 heavy (non-hydrogen) atoms. The topological polar surface area (TPSA) is 42.2 Å². The Bertz CT molecular complexity index is 819. The number of hydrogen-bond donors (Lipinski definition) is 1. The molecule has 1 N–H and O–H groups in total. The van der Waals surface area contributed by atoms with Crippen molar-refractivity contribution in [3.8, 4) is 0 Å². The molecule has 3 nitrogen and oxygen atoms in total. The first-order valence-corrected chi connectivity index (χ1v) is 6.31. The van der Waals surface area contributed by atoms with Crippen molar-refractivity contribution >= 4 is 22.6 Å². The normalized spacial score (nSPS) is 10.8. The first-order valence-electron chi connectivity index (χ1n) is 6.31. The Balaban J connectivity index is 2.00.